The molecule has 0 saturated heterocycles. The average molecular weight is 414 g/mol. The van der Waals surface area contributed by atoms with Crippen LogP contribution in [0.3, 0.4) is 0 Å². The van der Waals surface area contributed by atoms with Crippen molar-refractivity contribution in [3.05, 3.63) is 87.7 Å². The fraction of sp³-hybridized carbons (Fsp3) is 0.143. The van der Waals surface area contributed by atoms with Crippen molar-refractivity contribution in [2.45, 2.75) is 12.7 Å². The Morgan fingerprint density at radius 2 is 1.93 bits per heavy atom. The number of carbonyl (C=O) groups excluding carboxylic acids is 1. The maximum atomic E-state index is 13.0. The van der Waals surface area contributed by atoms with Gasteiger partial charge in [-0.25, -0.2) is 0 Å². The van der Waals surface area contributed by atoms with Gasteiger partial charge in [0.2, 0.25) is 0 Å². The maximum Gasteiger partial charge on any atom is 0.258 e. The summed E-state index contributed by atoms with van der Waals surface area (Å²) in [5.41, 5.74) is 2.86. The largest absolute Gasteiger partial charge is 0.497 e. The summed E-state index contributed by atoms with van der Waals surface area (Å²) in [5, 5.41) is 4.40. The topological polar surface area (TPSA) is 54.5 Å². The molecule has 3 aromatic rings. The lowest BCUT2D eigenvalue weighted by molar-refractivity contribution is 0.0728. The Labute approximate surface area is 172 Å². The van der Waals surface area contributed by atoms with Gasteiger partial charge in [0.1, 0.15) is 11.9 Å². The molecular weight excluding hydrogens is 397 g/mol. The molecule has 1 aliphatic rings. The summed E-state index contributed by atoms with van der Waals surface area (Å²) in [6.07, 6.45) is 1.22. The highest BCUT2D eigenvalue weighted by Gasteiger charge is 2.38. The standard InChI is InChI=1S/C21H17Cl2N3O2/c1-28-15-7-4-13(5-8-15)12-26-20(19-16(21(26)27)3-2-10-24-19)25-18-11-14(22)6-9-17(18)23/h2-11,20,25H,12H2,1H3. The van der Waals surface area contributed by atoms with Gasteiger partial charge in [-0.2, -0.15) is 0 Å². The number of nitrogens with one attached hydrogen (secondary N) is 1. The molecule has 2 aromatic carbocycles. The van der Waals surface area contributed by atoms with Crippen LogP contribution >= 0.6 is 23.2 Å². The van der Waals surface area contributed by atoms with E-state index in [9.17, 15) is 4.79 Å². The van der Waals surface area contributed by atoms with E-state index in [1.54, 1.807) is 48.5 Å². The number of fused-ring (bicyclic) bond motifs is 1. The summed E-state index contributed by atoms with van der Waals surface area (Å²) in [4.78, 5) is 19.2. The molecule has 1 atom stereocenters. The molecule has 0 bridgehead atoms. The summed E-state index contributed by atoms with van der Waals surface area (Å²) in [5.74, 6) is 0.677. The Bertz CT molecular complexity index is 1020. The van der Waals surface area contributed by atoms with Gasteiger partial charge in [0.05, 0.1) is 29.1 Å². The van der Waals surface area contributed by atoms with Gasteiger partial charge in [-0.15, -0.1) is 0 Å². The van der Waals surface area contributed by atoms with Crippen molar-refractivity contribution in [1.82, 2.24) is 9.88 Å². The number of benzene rings is 2. The van der Waals surface area contributed by atoms with Crippen LogP contribution in [0.4, 0.5) is 5.69 Å². The molecule has 1 amide bonds. The maximum absolute atomic E-state index is 13.0. The van der Waals surface area contributed by atoms with E-state index in [1.807, 2.05) is 24.3 Å². The molecular formula is C21H17Cl2N3O2. The second-order valence-electron chi connectivity index (χ2n) is 6.39. The van der Waals surface area contributed by atoms with Crippen molar-refractivity contribution in [2.24, 2.45) is 0 Å². The van der Waals surface area contributed by atoms with Gasteiger partial charge >= 0.3 is 0 Å². The van der Waals surface area contributed by atoms with E-state index < -0.39 is 6.17 Å². The second-order valence-corrected chi connectivity index (χ2v) is 7.23. The van der Waals surface area contributed by atoms with E-state index in [-0.39, 0.29) is 5.91 Å². The smallest absolute Gasteiger partial charge is 0.258 e. The number of carbonyl (C=O) groups is 1. The van der Waals surface area contributed by atoms with E-state index in [1.165, 1.54) is 0 Å². The predicted molar refractivity (Wildman–Crippen MR) is 110 cm³/mol. The summed E-state index contributed by atoms with van der Waals surface area (Å²) in [6, 6.07) is 16.3. The lowest BCUT2D eigenvalue weighted by Crippen LogP contribution is -2.32. The number of pyridine rings is 1. The number of methoxy groups -OCH3 is 1. The van der Waals surface area contributed by atoms with Crippen LogP contribution in [-0.4, -0.2) is 22.9 Å². The van der Waals surface area contributed by atoms with Crippen molar-refractivity contribution in [1.29, 1.82) is 0 Å². The normalized spacial score (nSPS) is 15.5. The number of hydrogen-bond acceptors (Lipinski definition) is 4. The van der Waals surface area contributed by atoms with Gasteiger partial charge in [-0.1, -0.05) is 35.3 Å². The molecule has 0 fully saturated rings. The van der Waals surface area contributed by atoms with Crippen molar-refractivity contribution in [3.8, 4) is 5.75 Å². The first-order valence-electron chi connectivity index (χ1n) is 8.67. The molecule has 4 rings (SSSR count). The Morgan fingerprint density at radius 1 is 1.14 bits per heavy atom. The molecule has 0 radical (unpaired) electrons. The molecule has 28 heavy (non-hydrogen) atoms. The van der Waals surface area contributed by atoms with Gasteiger partial charge < -0.3 is 15.0 Å². The summed E-state index contributed by atoms with van der Waals surface area (Å²) >= 11 is 12.4. The van der Waals surface area contributed by atoms with Crippen LogP contribution in [0.5, 0.6) is 5.75 Å². The highest BCUT2D eigenvalue weighted by molar-refractivity contribution is 6.35. The van der Waals surface area contributed by atoms with E-state index in [0.29, 0.717) is 33.5 Å². The SMILES string of the molecule is COc1ccc(CN2C(=O)c3cccnc3C2Nc2cc(Cl)ccc2Cl)cc1. The highest BCUT2D eigenvalue weighted by Crippen LogP contribution is 2.36. The van der Waals surface area contributed by atoms with Gasteiger partial charge in [-0.3, -0.25) is 9.78 Å². The first-order valence-corrected chi connectivity index (χ1v) is 9.43. The third-order valence-electron chi connectivity index (χ3n) is 4.63. The zero-order valence-electron chi connectivity index (χ0n) is 15.0. The van der Waals surface area contributed by atoms with Gasteiger partial charge in [0, 0.05) is 17.8 Å². The van der Waals surface area contributed by atoms with E-state index >= 15 is 0 Å². The lowest BCUT2D eigenvalue weighted by Gasteiger charge is -2.27. The van der Waals surface area contributed by atoms with Crippen LogP contribution in [0.15, 0.2) is 60.8 Å². The Balaban J connectivity index is 1.68. The fourth-order valence-electron chi connectivity index (χ4n) is 3.23. The minimum absolute atomic E-state index is 0.0884. The van der Waals surface area contributed by atoms with Crippen LogP contribution in [-0.2, 0) is 6.54 Å². The molecule has 1 N–H and O–H groups in total. The Morgan fingerprint density at radius 3 is 2.68 bits per heavy atom. The molecule has 1 unspecified atom stereocenters. The number of rotatable bonds is 5. The third kappa shape index (κ3) is 3.51. The van der Waals surface area contributed by atoms with Crippen molar-refractivity contribution in [3.63, 3.8) is 0 Å². The number of amides is 1. The number of hydrogen-bond donors (Lipinski definition) is 1. The zero-order valence-corrected chi connectivity index (χ0v) is 16.5. The monoisotopic (exact) mass is 413 g/mol. The second kappa shape index (κ2) is 7.70. The predicted octanol–water partition coefficient (Wildman–Crippen LogP) is 5.16. The molecule has 0 spiro atoms. The molecule has 0 saturated carbocycles. The molecule has 1 aromatic heterocycles. The van der Waals surface area contributed by atoms with Crippen LogP contribution in [0.25, 0.3) is 0 Å². The number of nitrogens with zero attached hydrogens (tertiary/aromatic N) is 2. The number of anilines is 1. The summed E-state index contributed by atoms with van der Waals surface area (Å²) in [7, 11) is 1.62. The Kier molecular flexibility index (Phi) is 5.11. The van der Waals surface area contributed by atoms with Crippen LogP contribution in [0.1, 0.15) is 27.8 Å². The third-order valence-corrected chi connectivity index (χ3v) is 5.20. The van der Waals surface area contributed by atoms with Gasteiger partial charge in [0.25, 0.3) is 5.91 Å². The highest BCUT2D eigenvalue weighted by atomic mass is 35.5. The van der Waals surface area contributed by atoms with Gasteiger partial charge in [-0.05, 0) is 48.0 Å². The number of ether oxygens (including phenoxy) is 1. The average Bonchev–Trinajstić information content (AvgIpc) is 2.97. The first-order chi connectivity index (χ1) is 13.6. The lowest BCUT2D eigenvalue weighted by atomic mass is 10.2. The molecule has 7 heteroatoms. The molecule has 142 valence electrons. The van der Waals surface area contributed by atoms with E-state index in [4.69, 9.17) is 27.9 Å². The molecule has 2 heterocycles. The fourth-order valence-corrected chi connectivity index (χ4v) is 3.57. The quantitative estimate of drug-likeness (QED) is 0.627. The number of aromatic nitrogens is 1. The van der Waals surface area contributed by atoms with Crippen molar-refractivity contribution < 1.29 is 9.53 Å². The van der Waals surface area contributed by atoms with Crippen molar-refractivity contribution in [2.75, 3.05) is 12.4 Å². The van der Waals surface area contributed by atoms with Crippen molar-refractivity contribution >= 4 is 34.8 Å². The van der Waals surface area contributed by atoms with Crippen LogP contribution in [0.2, 0.25) is 10.0 Å². The van der Waals surface area contributed by atoms with Crippen LogP contribution < -0.4 is 10.1 Å². The summed E-state index contributed by atoms with van der Waals surface area (Å²) < 4.78 is 5.21. The first kappa shape index (κ1) is 18.6. The minimum atomic E-state index is -0.457. The van der Waals surface area contributed by atoms with Crippen LogP contribution in [0, 0.1) is 0 Å². The van der Waals surface area contributed by atoms with E-state index in [2.05, 4.69) is 10.3 Å². The van der Waals surface area contributed by atoms with E-state index in [0.717, 1.165) is 11.3 Å². The zero-order chi connectivity index (χ0) is 19.7. The molecule has 5 nitrogen and oxygen atoms in total. The Hall–Kier alpha value is -2.76. The van der Waals surface area contributed by atoms with Gasteiger partial charge in [0.15, 0.2) is 0 Å². The number of halogens is 2. The minimum Gasteiger partial charge on any atom is -0.497 e. The molecule has 1 aliphatic heterocycles. The molecule has 0 aliphatic carbocycles. The summed E-state index contributed by atoms with van der Waals surface area (Å²) in [6.45, 7) is 0.412.